The van der Waals surface area contributed by atoms with Crippen LogP contribution in [-0.2, 0) is 4.74 Å². The molecule has 1 aliphatic carbocycles. The summed E-state index contributed by atoms with van der Waals surface area (Å²) in [6.45, 7) is 0.171. The molecule has 1 aliphatic rings. The summed E-state index contributed by atoms with van der Waals surface area (Å²) in [7, 11) is 0. The second-order valence-electron chi connectivity index (χ2n) is 6.29. The molecule has 0 aliphatic heterocycles. The Labute approximate surface area is 156 Å². The van der Waals surface area contributed by atoms with E-state index in [1.165, 1.54) is 12.1 Å². The standard InChI is InChI=1S/C23H16FNO2/c1-2-15-11-12-22(21(24)13-15)25-23(26)27-14-20-18-9-5-3-7-16(18)17-8-4-6-10-19(17)20/h1,3-13,20H,14H2,(H,25,26). The Morgan fingerprint density at radius 2 is 1.67 bits per heavy atom. The van der Waals surface area contributed by atoms with Crippen molar-refractivity contribution in [3.05, 3.63) is 89.2 Å². The number of hydrogen-bond donors (Lipinski definition) is 1. The molecule has 1 amide bonds. The average Bonchev–Trinajstić information content (AvgIpc) is 3.02. The van der Waals surface area contributed by atoms with E-state index in [2.05, 4.69) is 23.4 Å². The predicted molar refractivity (Wildman–Crippen MR) is 103 cm³/mol. The summed E-state index contributed by atoms with van der Waals surface area (Å²) in [6.07, 6.45) is 4.53. The van der Waals surface area contributed by atoms with E-state index in [4.69, 9.17) is 11.2 Å². The molecular formula is C23H16FNO2. The molecule has 0 bridgehead atoms. The molecule has 0 radical (unpaired) electrons. The maximum atomic E-state index is 14.0. The van der Waals surface area contributed by atoms with Crippen LogP contribution in [0.3, 0.4) is 0 Å². The van der Waals surface area contributed by atoms with Gasteiger partial charge in [0, 0.05) is 11.5 Å². The van der Waals surface area contributed by atoms with Gasteiger partial charge in [0.25, 0.3) is 0 Å². The SMILES string of the molecule is C#Cc1ccc(NC(=O)OCC2c3ccccc3-c3ccccc32)c(F)c1. The van der Waals surface area contributed by atoms with Crippen molar-refractivity contribution < 1.29 is 13.9 Å². The second-order valence-corrected chi connectivity index (χ2v) is 6.29. The van der Waals surface area contributed by atoms with E-state index in [-0.39, 0.29) is 18.2 Å². The highest BCUT2D eigenvalue weighted by Gasteiger charge is 2.29. The summed E-state index contributed by atoms with van der Waals surface area (Å²) >= 11 is 0. The number of benzene rings is 3. The zero-order valence-corrected chi connectivity index (χ0v) is 14.4. The lowest BCUT2D eigenvalue weighted by molar-refractivity contribution is 0.158. The Morgan fingerprint density at radius 1 is 1.04 bits per heavy atom. The monoisotopic (exact) mass is 357 g/mol. The highest BCUT2D eigenvalue weighted by atomic mass is 19.1. The number of amides is 1. The van der Waals surface area contributed by atoms with Gasteiger partial charge in [-0.25, -0.2) is 9.18 Å². The van der Waals surface area contributed by atoms with Gasteiger partial charge in [0.15, 0.2) is 0 Å². The predicted octanol–water partition coefficient (Wildman–Crippen LogP) is 5.17. The van der Waals surface area contributed by atoms with E-state index in [1.807, 2.05) is 36.4 Å². The molecular weight excluding hydrogens is 341 g/mol. The highest BCUT2D eigenvalue weighted by Crippen LogP contribution is 2.44. The molecule has 3 nitrogen and oxygen atoms in total. The van der Waals surface area contributed by atoms with E-state index in [0.29, 0.717) is 5.56 Å². The van der Waals surface area contributed by atoms with Crippen molar-refractivity contribution in [2.75, 3.05) is 11.9 Å². The Kier molecular flexibility index (Phi) is 4.35. The Hall–Kier alpha value is -3.58. The zero-order chi connectivity index (χ0) is 18.8. The molecule has 1 N–H and O–H groups in total. The molecule has 0 atom stereocenters. The Morgan fingerprint density at radius 3 is 2.26 bits per heavy atom. The van der Waals surface area contributed by atoms with Crippen LogP contribution < -0.4 is 5.32 Å². The molecule has 0 fully saturated rings. The van der Waals surface area contributed by atoms with Gasteiger partial charge >= 0.3 is 6.09 Å². The minimum atomic E-state index is -0.704. The van der Waals surface area contributed by atoms with Gasteiger partial charge in [-0.15, -0.1) is 6.42 Å². The van der Waals surface area contributed by atoms with Gasteiger partial charge in [0.05, 0.1) is 5.69 Å². The summed E-state index contributed by atoms with van der Waals surface area (Å²) in [5.41, 5.74) is 4.99. The van der Waals surface area contributed by atoms with Crippen molar-refractivity contribution in [1.29, 1.82) is 0 Å². The van der Waals surface area contributed by atoms with Gasteiger partial charge in [0.1, 0.15) is 12.4 Å². The molecule has 0 saturated heterocycles. The molecule has 3 aromatic rings. The van der Waals surface area contributed by atoms with Gasteiger partial charge in [0.2, 0.25) is 0 Å². The van der Waals surface area contributed by atoms with Crippen LogP contribution in [0.2, 0.25) is 0 Å². The third-order valence-corrected chi connectivity index (χ3v) is 4.72. The molecule has 132 valence electrons. The summed E-state index contributed by atoms with van der Waals surface area (Å²) in [5.74, 6) is 1.70. The van der Waals surface area contributed by atoms with Crippen molar-refractivity contribution >= 4 is 11.8 Å². The fourth-order valence-corrected chi connectivity index (χ4v) is 3.45. The number of rotatable bonds is 3. The number of terminal acetylenes is 1. The fraction of sp³-hybridized carbons (Fsp3) is 0.0870. The third kappa shape index (κ3) is 3.16. The fourth-order valence-electron chi connectivity index (χ4n) is 3.45. The zero-order valence-electron chi connectivity index (χ0n) is 14.4. The van der Waals surface area contributed by atoms with Crippen LogP contribution in [0.4, 0.5) is 14.9 Å². The van der Waals surface area contributed by atoms with Crippen LogP contribution in [0.25, 0.3) is 11.1 Å². The Balaban J connectivity index is 1.49. The number of anilines is 1. The van der Waals surface area contributed by atoms with Crippen molar-refractivity contribution in [2.45, 2.75) is 5.92 Å². The minimum Gasteiger partial charge on any atom is -0.448 e. The maximum Gasteiger partial charge on any atom is 0.411 e. The first kappa shape index (κ1) is 16.9. The molecule has 0 aromatic heterocycles. The van der Waals surface area contributed by atoms with Crippen molar-refractivity contribution in [2.24, 2.45) is 0 Å². The second kappa shape index (κ2) is 6.97. The molecule has 0 heterocycles. The van der Waals surface area contributed by atoms with Crippen LogP contribution in [0.5, 0.6) is 0 Å². The minimum absolute atomic E-state index is 0.0335. The number of ether oxygens (including phenoxy) is 1. The van der Waals surface area contributed by atoms with E-state index < -0.39 is 11.9 Å². The molecule has 4 rings (SSSR count). The normalized spacial score (nSPS) is 12.0. The topological polar surface area (TPSA) is 38.3 Å². The number of carbonyl (C=O) groups excluding carboxylic acids is 1. The van der Waals surface area contributed by atoms with Crippen molar-refractivity contribution in [1.82, 2.24) is 0 Å². The van der Waals surface area contributed by atoms with Crippen LogP contribution in [0.15, 0.2) is 66.7 Å². The molecule has 27 heavy (non-hydrogen) atoms. The molecule has 0 spiro atoms. The molecule has 3 aromatic carbocycles. The average molecular weight is 357 g/mol. The number of hydrogen-bond acceptors (Lipinski definition) is 2. The first-order valence-electron chi connectivity index (χ1n) is 8.55. The summed E-state index contributed by atoms with van der Waals surface area (Å²) in [4.78, 5) is 12.2. The van der Waals surface area contributed by atoms with Gasteiger partial charge in [-0.05, 0) is 40.5 Å². The van der Waals surface area contributed by atoms with Gasteiger partial charge in [-0.3, -0.25) is 5.32 Å². The summed E-state index contributed by atoms with van der Waals surface area (Å²) in [6, 6.07) is 20.3. The smallest absolute Gasteiger partial charge is 0.411 e. The van der Waals surface area contributed by atoms with Gasteiger partial charge in [-0.1, -0.05) is 54.5 Å². The third-order valence-electron chi connectivity index (χ3n) is 4.72. The largest absolute Gasteiger partial charge is 0.448 e. The first-order valence-corrected chi connectivity index (χ1v) is 8.55. The summed E-state index contributed by atoms with van der Waals surface area (Å²) < 4.78 is 19.4. The lowest BCUT2D eigenvalue weighted by Gasteiger charge is -2.14. The summed E-state index contributed by atoms with van der Waals surface area (Å²) in [5, 5.41) is 2.43. The van der Waals surface area contributed by atoms with E-state index >= 15 is 0 Å². The lowest BCUT2D eigenvalue weighted by Crippen LogP contribution is -2.18. The Bertz CT molecular complexity index is 1020. The number of fused-ring (bicyclic) bond motifs is 3. The van der Waals surface area contributed by atoms with Crippen molar-refractivity contribution in [3.8, 4) is 23.5 Å². The van der Waals surface area contributed by atoms with Crippen LogP contribution >= 0.6 is 0 Å². The van der Waals surface area contributed by atoms with Crippen LogP contribution in [0.1, 0.15) is 22.6 Å². The van der Waals surface area contributed by atoms with Crippen LogP contribution in [0, 0.1) is 18.2 Å². The molecule has 4 heteroatoms. The quantitative estimate of drug-likeness (QED) is 0.657. The first-order chi connectivity index (χ1) is 13.2. The lowest BCUT2D eigenvalue weighted by atomic mass is 9.98. The van der Waals surface area contributed by atoms with Crippen LogP contribution in [-0.4, -0.2) is 12.7 Å². The number of halogens is 1. The van der Waals surface area contributed by atoms with E-state index in [0.717, 1.165) is 22.3 Å². The number of nitrogens with one attached hydrogen (secondary N) is 1. The van der Waals surface area contributed by atoms with Gasteiger partial charge in [-0.2, -0.15) is 0 Å². The van der Waals surface area contributed by atoms with Gasteiger partial charge < -0.3 is 4.74 Å². The molecule has 0 unspecified atom stereocenters. The van der Waals surface area contributed by atoms with Crippen molar-refractivity contribution in [3.63, 3.8) is 0 Å². The molecule has 0 saturated carbocycles. The van der Waals surface area contributed by atoms with E-state index in [9.17, 15) is 9.18 Å². The number of carbonyl (C=O) groups is 1. The maximum absolute atomic E-state index is 14.0. The highest BCUT2D eigenvalue weighted by molar-refractivity contribution is 5.85. The van der Waals surface area contributed by atoms with E-state index in [1.54, 1.807) is 6.07 Å².